The van der Waals surface area contributed by atoms with Gasteiger partial charge in [0, 0.05) is 50.5 Å². The van der Waals surface area contributed by atoms with Crippen molar-refractivity contribution in [3.8, 4) is 6.07 Å². The van der Waals surface area contributed by atoms with E-state index < -0.39 is 59.0 Å². The van der Waals surface area contributed by atoms with Crippen molar-refractivity contribution in [1.29, 1.82) is 5.26 Å². The molecule has 0 bridgehead atoms. The molecule has 64 heavy (non-hydrogen) atoms. The maximum atomic E-state index is 12.2. The Morgan fingerprint density at radius 3 is 1.12 bits per heavy atom. The minimum Gasteiger partial charge on any atom is -0.467 e. The van der Waals surface area contributed by atoms with E-state index in [4.69, 9.17) is 84.8 Å². The minimum atomic E-state index is -1.04. The number of hydrogen-bond donors (Lipinski definition) is 0. The Hall–Kier alpha value is -4.14. The van der Waals surface area contributed by atoms with Crippen LogP contribution in [0, 0.1) is 52.9 Å². The Morgan fingerprint density at radius 1 is 0.500 bits per heavy atom. The van der Waals surface area contributed by atoms with E-state index in [1.807, 2.05) is 68.4 Å². The van der Waals surface area contributed by atoms with E-state index in [0.717, 1.165) is 0 Å². The fraction of sp³-hybridized carbons (Fsp3) is 0.556. The predicted octanol–water partition coefficient (Wildman–Crippen LogP) is 10.5. The molecule has 0 aliphatic rings. The zero-order valence-electron chi connectivity index (χ0n) is 40.0. The SMILES string of the molecule is COC(=O)[C@@H](OC(C)(C)C)c1c(C)nc(C#N)c(C)c1Cl.COC(=O)[C@@H](OC(C)(C)C)c1c(C)nc(Cl)c(C)c1Cl.COC(=O)c1nc(C)c([C@H](OC(C)(C)C)C(=O)OC)c(Cl)c1C. The molecule has 0 N–H and O–H groups in total. The second kappa shape index (κ2) is 23.9. The highest BCUT2D eigenvalue weighted by atomic mass is 35.5. The molecule has 3 aromatic rings. The summed E-state index contributed by atoms with van der Waals surface area (Å²) in [5, 5.41) is 10.3. The number of ether oxygens (including phenoxy) is 7. The summed E-state index contributed by atoms with van der Waals surface area (Å²) in [6.07, 6.45) is -2.96. The molecule has 0 saturated carbocycles. The van der Waals surface area contributed by atoms with Crippen LogP contribution in [0.4, 0.5) is 0 Å². The molecular weight excluding hydrogens is 914 g/mol. The summed E-state index contributed by atoms with van der Waals surface area (Å²) >= 11 is 25.0. The Balaban J connectivity index is 0.000000481. The molecule has 0 aliphatic carbocycles. The van der Waals surface area contributed by atoms with Crippen molar-refractivity contribution in [3.05, 3.63) is 82.1 Å². The lowest BCUT2D eigenvalue weighted by Gasteiger charge is -2.28. The Morgan fingerprint density at radius 2 is 0.812 bits per heavy atom. The van der Waals surface area contributed by atoms with Gasteiger partial charge in [0.05, 0.1) is 60.3 Å². The maximum Gasteiger partial charge on any atom is 0.356 e. The molecule has 3 aromatic heterocycles. The molecule has 3 heterocycles. The number of aryl methyl sites for hydroxylation is 3. The first-order chi connectivity index (χ1) is 29.2. The summed E-state index contributed by atoms with van der Waals surface area (Å²) in [4.78, 5) is 60.6. The van der Waals surface area contributed by atoms with E-state index in [2.05, 4.69) is 15.0 Å². The van der Waals surface area contributed by atoms with Crippen molar-refractivity contribution in [2.45, 2.75) is 139 Å². The number of nitriles is 1. The molecular formula is C45H60Cl4N4O11. The van der Waals surface area contributed by atoms with Crippen LogP contribution in [-0.2, 0) is 47.5 Å². The fourth-order valence-electron chi connectivity index (χ4n) is 5.67. The third-order valence-corrected chi connectivity index (χ3v) is 10.5. The second-order valence-corrected chi connectivity index (χ2v) is 18.6. The van der Waals surface area contributed by atoms with Crippen LogP contribution in [0.3, 0.4) is 0 Å². The van der Waals surface area contributed by atoms with Crippen molar-refractivity contribution in [2.24, 2.45) is 0 Å². The molecule has 0 amide bonds. The van der Waals surface area contributed by atoms with Crippen LogP contribution in [0.25, 0.3) is 0 Å². The first-order valence-corrected chi connectivity index (χ1v) is 21.2. The van der Waals surface area contributed by atoms with Gasteiger partial charge in [0.2, 0.25) is 0 Å². The van der Waals surface area contributed by atoms with E-state index in [9.17, 15) is 19.2 Å². The molecule has 0 aliphatic heterocycles. The number of hydrogen-bond acceptors (Lipinski definition) is 15. The molecule has 0 saturated heterocycles. The van der Waals surface area contributed by atoms with Gasteiger partial charge in [-0.3, -0.25) is 0 Å². The molecule has 0 radical (unpaired) electrons. The fourth-order valence-corrected chi connectivity index (χ4v) is 6.92. The molecule has 354 valence electrons. The van der Waals surface area contributed by atoms with Gasteiger partial charge in [-0.05, 0) is 104 Å². The van der Waals surface area contributed by atoms with Gasteiger partial charge in [-0.15, -0.1) is 0 Å². The lowest BCUT2D eigenvalue weighted by molar-refractivity contribution is -0.164. The number of rotatable bonds is 10. The van der Waals surface area contributed by atoms with Crippen LogP contribution >= 0.6 is 46.4 Å². The van der Waals surface area contributed by atoms with Crippen molar-refractivity contribution in [2.75, 3.05) is 28.4 Å². The quantitative estimate of drug-likeness (QED) is 0.106. The van der Waals surface area contributed by atoms with Crippen molar-refractivity contribution in [3.63, 3.8) is 0 Å². The lowest BCUT2D eigenvalue weighted by Crippen LogP contribution is -2.29. The molecule has 0 spiro atoms. The zero-order valence-corrected chi connectivity index (χ0v) is 43.0. The Kier molecular flexibility index (Phi) is 21.6. The Bertz CT molecular complexity index is 2240. The van der Waals surface area contributed by atoms with Gasteiger partial charge in [-0.25, -0.2) is 34.1 Å². The number of aromatic nitrogens is 3. The average molecular weight is 975 g/mol. The molecule has 15 nitrogen and oxygen atoms in total. The number of methoxy groups -OCH3 is 4. The predicted molar refractivity (Wildman–Crippen MR) is 244 cm³/mol. The molecule has 3 rings (SSSR count). The van der Waals surface area contributed by atoms with Crippen LogP contribution in [0.5, 0.6) is 0 Å². The van der Waals surface area contributed by atoms with E-state index >= 15 is 0 Å². The second-order valence-electron chi connectivity index (χ2n) is 17.1. The van der Waals surface area contributed by atoms with Crippen molar-refractivity contribution >= 4 is 70.3 Å². The Labute approximate surface area is 396 Å². The first-order valence-electron chi connectivity index (χ1n) is 19.6. The molecule has 19 heteroatoms. The van der Waals surface area contributed by atoms with E-state index in [0.29, 0.717) is 65.7 Å². The van der Waals surface area contributed by atoms with Gasteiger partial charge < -0.3 is 33.2 Å². The van der Waals surface area contributed by atoms with Crippen LogP contribution < -0.4 is 0 Å². The van der Waals surface area contributed by atoms with Gasteiger partial charge in [0.1, 0.15) is 16.9 Å². The maximum absolute atomic E-state index is 12.2. The van der Waals surface area contributed by atoms with Crippen LogP contribution in [0.15, 0.2) is 0 Å². The van der Waals surface area contributed by atoms with Crippen LogP contribution in [0.2, 0.25) is 20.2 Å². The molecule has 0 aromatic carbocycles. The third kappa shape index (κ3) is 15.8. The highest BCUT2D eigenvalue weighted by molar-refractivity contribution is 6.36. The van der Waals surface area contributed by atoms with E-state index in [-0.39, 0.29) is 16.4 Å². The topological polar surface area (TPSA) is 195 Å². The van der Waals surface area contributed by atoms with E-state index in [1.54, 1.807) is 41.5 Å². The van der Waals surface area contributed by atoms with Crippen molar-refractivity contribution < 1.29 is 52.3 Å². The molecule has 0 fully saturated rings. The smallest absolute Gasteiger partial charge is 0.356 e. The van der Waals surface area contributed by atoms with Gasteiger partial charge in [-0.1, -0.05) is 46.4 Å². The zero-order chi connectivity index (χ0) is 50.0. The average Bonchev–Trinajstić information content (AvgIpc) is 3.19. The standard InChI is InChI=1S/C16H22ClNO5.C15H19ClN2O3.C14H19Cl2NO3/c1-8-11(17)10(9(2)18-12(8)14(19)21-6)13(15(20)22-7)23-16(3,4)5;1-8-10(7-17)18-9(2)11(12(8)16)13(14(19)20-6)21-15(3,4)5;1-7-10(15)9(8(2)17-12(7)16)11(13(18)19-6)20-14(3,4)5/h13H,1-7H3;13H,1-6H3;11H,1-6H3/t2*13-;11-/m000/s1. The van der Waals surface area contributed by atoms with Crippen LogP contribution in [-0.4, -0.2) is 84.1 Å². The number of halogens is 4. The highest BCUT2D eigenvalue weighted by Crippen LogP contribution is 2.38. The summed E-state index contributed by atoms with van der Waals surface area (Å²) in [7, 11) is 5.13. The summed E-state index contributed by atoms with van der Waals surface area (Å²) < 4.78 is 36.5. The number of carbonyl (C=O) groups excluding carboxylic acids is 4. The number of pyridine rings is 3. The first kappa shape index (κ1) is 57.9. The number of esters is 4. The largest absolute Gasteiger partial charge is 0.467 e. The van der Waals surface area contributed by atoms with Crippen LogP contribution in [0.1, 0.15) is 147 Å². The monoisotopic (exact) mass is 972 g/mol. The molecule has 0 unspecified atom stereocenters. The minimum absolute atomic E-state index is 0.109. The number of nitrogens with zero attached hydrogens (tertiary/aromatic N) is 4. The lowest BCUT2D eigenvalue weighted by atomic mass is 10.0. The summed E-state index contributed by atoms with van der Waals surface area (Å²) in [6, 6.07) is 1.98. The summed E-state index contributed by atoms with van der Waals surface area (Å²) in [5.41, 5.74) is 2.93. The van der Waals surface area contributed by atoms with Gasteiger partial charge in [0.25, 0.3) is 0 Å². The molecule has 3 atom stereocenters. The van der Waals surface area contributed by atoms with Gasteiger partial charge >= 0.3 is 23.9 Å². The van der Waals surface area contributed by atoms with Crippen molar-refractivity contribution in [1.82, 2.24) is 15.0 Å². The van der Waals surface area contributed by atoms with Gasteiger partial charge in [-0.2, -0.15) is 5.26 Å². The summed E-state index contributed by atoms with van der Waals surface area (Å²) in [6.45, 7) is 26.6. The number of carbonyl (C=O) groups is 4. The normalized spacial score (nSPS) is 12.8. The third-order valence-electron chi connectivity index (χ3n) is 8.64. The highest BCUT2D eigenvalue weighted by Gasteiger charge is 2.36. The van der Waals surface area contributed by atoms with Gasteiger partial charge in [0.15, 0.2) is 24.0 Å². The summed E-state index contributed by atoms with van der Waals surface area (Å²) in [5.74, 6) is -2.25. The van der Waals surface area contributed by atoms with E-state index in [1.165, 1.54) is 28.4 Å².